The van der Waals surface area contributed by atoms with Gasteiger partial charge in [0.15, 0.2) is 0 Å². The van der Waals surface area contributed by atoms with E-state index < -0.39 is 15.6 Å². The lowest BCUT2D eigenvalue weighted by molar-refractivity contribution is -0.0510. The maximum absolute atomic E-state index is 10.7. The fourth-order valence-electron chi connectivity index (χ4n) is 2.23. The van der Waals surface area contributed by atoms with E-state index in [1.54, 1.807) is 24.3 Å². The molecule has 0 bridgehead atoms. The number of phenolic OH excluding ortho intramolecular Hbond substituents is 2. The number of hydrogen-bond acceptors (Lipinski definition) is 4. The highest BCUT2D eigenvalue weighted by Crippen LogP contribution is 2.31. The molecule has 0 aliphatic rings. The van der Waals surface area contributed by atoms with Crippen LogP contribution in [0.15, 0.2) is 48.5 Å². The Hall–Kier alpha value is -2.26. The zero-order valence-electron chi connectivity index (χ0n) is 13.8. The Balaban J connectivity index is 0.000000359. The van der Waals surface area contributed by atoms with Gasteiger partial charge in [-0.05, 0) is 41.8 Å². The highest BCUT2D eigenvalue weighted by molar-refractivity contribution is 7.86. The third kappa shape index (κ3) is 6.57. The fraction of sp³-hybridized carbons (Fsp3) is 0.294. The normalized spacial score (nSPS) is 11.8. The molecule has 26 heavy (non-hydrogen) atoms. The van der Waals surface area contributed by atoms with Gasteiger partial charge in [0.25, 0.3) is 0 Å². The standard InChI is InChI=1S/C16H18O2.CHF3O3S/c1-2-3-16(12-4-8-14(17)9-5-12)13-6-10-15(18)11-7-13;2-1(3,4)8(5,6)7/h4-11,16-18H,2-3H2,1H3;(H,5,6,7). The lowest BCUT2D eigenvalue weighted by atomic mass is 9.87. The van der Waals surface area contributed by atoms with Crippen LogP contribution in [0.5, 0.6) is 11.5 Å². The molecular weight excluding hydrogens is 373 g/mol. The van der Waals surface area contributed by atoms with Gasteiger partial charge in [-0.2, -0.15) is 21.6 Å². The zero-order chi connectivity index (χ0) is 20.0. The molecule has 0 fully saturated rings. The van der Waals surface area contributed by atoms with Crippen LogP contribution < -0.4 is 0 Å². The summed E-state index contributed by atoms with van der Waals surface area (Å²) in [5.41, 5.74) is -3.15. The van der Waals surface area contributed by atoms with E-state index in [4.69, 9.17) is 13.0 Å². The SMILES string of the molecule is CCCC(c1ccc(O)cc1)c1ccc(O)cc1.O=S(=O)(O)C(F)(F)F. The molecule has 0 atom stereocenters. The second-order valence-corrected chi connectivity index (χ2v) is 6.86. The van der Waals surface area contributed by atoms with E-state index >= 15 is 0 Å². The van der Waals surface area contributed by atoms with Crippen molar-refractivity contribution < 1.29 is 36.4 Å². The van der Waals surface area contributed by atoms with Crippen molar-refractivity contribution in [3.63, 3.8) is 0 Å². The quantitative estimate of drug-likeness (QED) is 0.529. The molecule has 2 rings (SSSR count). The van der Waals surface area contributed by atoms with Crippen molar-refractivity contribution >= 4 is 10.1 Å². The van der Waals surface area contributed by atoms with Crippen LogP contribution in [0.1, 0.15) is 36.8 Å². The zero-order valence-corrected chi connectivity index (χ0v) is 14.6. The predicted molar refractivity (Wildman–Crippen MR) is 90.6 cm³/mol. The molecule has 0 saturated carbocycles. The Morgan fingerprint density at radius 2 is 1.19 bits per heavy atom. The summed E-state index contributed by atoms with van der Waals surface area (Å²) in [6.45, 7) is 2.16. The lowest BCUT2D eigenvalue weighted by Gasteiger charge is -2.17. The topological polar surface area (TPSA) is 94.8 Å². The minimum atomic E-state index is -5.84. The van der Waals surface area contributed by atoms with Crippen molar-refractivity contribution in [2.75, 3.05) is 0 Å². The number of benzene rings is 2. The van der Waals surface area contributed by atoms with Crippen LogP contribution in [-0.4, -0.2) is 28.7 Å². The first-order chi connectivity index (χ1) is 12.0. The first-order valence-electron chi connectivity index (χ1n) is 7.57. The minimum Gasteiger partial charge on any atom is -0.508 e. The summed E-state index contributed by atoms with van der Waals surface area (Å²) in [7, 11) is -5.84. The van der Waals surface area contributed by atoms with Crippen molar-refractivity contribution in [1.29, 1.82) is 0 Å². The maximum atomic E-state index is 10.7. The van der Waals surface area contributed by atoms with Gasteiger partial charge in [0.2, 0.25) is 0 Å². The van der Waals surface area contributed by atoms with Crippen LogP contribution in [0.4, 0.5) is 13.2 Å². The number of rotatable bonds is 4. The second kappa shape index (κ2) is 8.91. The van der Waals surface area contributed by atoms with E-state index in [1.165, 1.54) is 11.1 Å². The van der Waals surface area contributed by atoms with Gasteiger partial charge in [-0.25, -0.2) is 0 Å². The van der Waals surface area contributed by atoms with E-state index in [-0.39, 0.29) is 0 Å². The summed E-state index contributed by atoms with van der Waals surface area (Å²) in [6, 6.07) is 14.7. The van der Waals surface area contributed by atoms with Gasteiger partial charge in [0.1, 0.15) is 11.5 Å². The highest BCUT2D eigenvalue weighted by atomic mass is 32.2. The van der Waals surface area contributed by atoms with Gasteiger partial charge in [0, 0.05) is 5.92 Å². The maximum Gasteiger partial charge on any atom is 0.522 e. The molecule has 0 amide bonds. The molecule has 5 nitrogen and oxygen atoms in total. The smallest absolute Gasteiger partial charge is 0.508 e. The molecule has 0 saturated heterocycles. The Morgan fingerprint density at radius 3 is 1.42 bits per heavy atom. The van der Waals surface area contributed by atoms with Gasteiger partial charge >= 0.3 is 15.6 Å². The molecule has 0 aliphatic heterocycles. The van der Waals surface area contributed by atoms with Crippen LogP contribution in [0.25, 0.3) is 0 Å². The van der Waals surface area contributed by atoms with Crippen LogP contribution in [0.3, 0.4) is 0 Å². The van der Waals surface area contributed by atoms with E-state index in [1.807, 2.05) is 24.3 Å². The minimum absolute atomic E-state index is 0.291. The molecule has 2 aromatic rings. The third-order valence-corrected chi connectivity index (χ3v) is 4.05. The van der Waals surface area contributed by atoms with Crippen LogP contribution >= 0.6 is 0 Å². The molecule has 0 unspecified atom stereocenters. The summed E-state index contributed by atoms with van der Waals surface area (Å²) in [4.78, 5) is 0. The monoisotopic (exact) mass is 392 g/mol. The summed E-state index contributed by atoms with van der Waals surface area (Å²) < 4.78 is 57.5. The second-order valence-electron chi connectivity index (χ2n) is 5.45. The highest BCUT2D eigenvalue weighted by Gasteiger charge is 2.44. The molecule has 0 heterocycles. The predicted octanol–water partition coefficient (Wildman–Crippen LogP) is 4.42. The largest absolute Gasteiger partial charge is 0.522 e. The van der Waals surface area contributed by atoms with Gasteiger partial charge in [0.05, 0.1) is 0 Å². The molecule has 0 radical (unpaired) electrons. The number of aromatic hydroxyl groups is 2. The van der Waals surface area contributed by atoms with Gasteiger partial charge in [-0.15, -0.1) is 0 Å². The van der Waals surface area contributed by atoms with Gasteiger partial charge in [-0.3, -0.25) is 4.55 Å². The summed E-state index contributed by atoms with van der Waals surface area (Å²) in [5, 5.41) is 18.7. The molecule has 2 aromatic carbocycles. The summed E-state index contributed by atoms with van der Waals surface area (Å²) in [6.07, 6.45) is 2.14. The van der Waals surface area contributed by atoms with E-state index in [0.29, 0.717) is 17.4 Å². The summed E-state index contributed by atoms with van der Waals surface area (Å²) in [5.74, 6) is 0.899. The molecule has 3 N–H and O–H groups in total. The Labute approximate surface area is 149 Å². The Kier molecular flexibility index (Phi) is 7.46. The Bertz CT molecular complexity index is 739. The van der Waals surface area contributed by atoms with Gasteiger partial charge < -0.3 is 10.2 Å². The number of alkyl halides is 3. The van der Waals surface area contributed by atoms with E-state index in [2.05, 4.69) is 6.92 Å². The molecule has 0 aromatic heterocycles. The summed E-state index contributed by atoms with van der Waals surface area (Å²) >= 11 is 0. The first-order valence-corrected chi connectivity index (χ1v) is 9.01. The van der Waals surface area contributed by atoms with Crippen LogP contribution in [-0.2, 0) is 10.1 Å². The fourth-order valence-corrected chi connectivity index (χ4v) is 2.23. The van der Waals surface area contributed by atoms with Crippen molar-refractivity contribution in [2.24, 2.45) is 0 Å². The molecule has 0 aliphatic carbocycles. The average molecular weight is 392 g/mol. The lowest BCUT2D eigenvalue weighted by Crippen LogP contribution is -2.21. The third-order valence-electron chi connectivity index (χ3n) is 3.46. The number of phenols is 2. The van der Waals surface area contributed by atoms with Crippen LogP contribution in [0, 0.1) is 0 Å². The molecule has 9 heteroatoms. The van der Waals surface area contributed by atoms with E-state index in [9.17, 15) is 23.4 Å². The van der Waals surface area contributed by atoms with E-state index in [0.717, 1.165) is 12.8 Å². The molecule has 0 spiro atoms. The number of hydrogen-bond donors (Lipinski definition) is 3. The Morgan fingerprint density at radius 1 is 0.885 bits per heavy atom. The van der Waals surface area contributed by atoms with Crippen molar-refractivity contribution in [3.8, 4) is 11.5 Å². The first kappa shape index (κ1) is 21.8. The van der Waals surface area contributed by atoms with Crippen molar-refractivity contribution in [1.82, 2.24) is 0 Å². The van der Waals surface area contributed by atoms with Gasteiger partial charge in [-0.1, -0.05) is 37.6 Å². The molecular formula is C17H19F3O5S. The van der Waals surface area contributed by atoms with Crippen LogP contribution in [0.2, 0.25) is 0 Å². The van der Waals surface area contributed by atoms with Crippen molar-refractivity contribution in [3.05, 3.63) is 59.7 Å². The van der Waals surface area contributed by atoms with Crippen molar-refractivity contribution in [2.45, 2.75) is 31.2 Å². The molecule has 144 valence electrons. The number of halogens is 3. The average Bonchev–Trinajstić information content (AvgIpc) is 2.53.